The third-order valence-electron chi connectivity index (χ3n) is 6.69. The second-order valence-corrected chi connectivity index (χ2v) is 11.8. The summed E-state index contributed by atoms with van der Waals surface area (Å²) in [5.74, 6) is -2.58. The van der Waals surface area contributed by atoms with Gasteiger partial charge < -0.3 is 27.4 Å². The molecule has 0 aromatic heterocycles. The summed E-state index contributed by atoms with van der Waals surface area (Å²) in [6.07, 6.45) is 1.13. The van der Waals surface area contributed by atoms with Crippen molar-refractivity contribution in [3.05, 3.63) is 64.2 Å². The highest BCUT2D eigenvalue weighted by Gasteiger charge is 2.41. The van der Waals surface area contributed by atoms with Gasteiger partial charge in [-0.15, -0.1) is 0 Å². The average Bonchev–Trinajstić information content (AvgIpc) is 3.44. The van der Waals surface area contributed by atoms with Crippen molar-refractivity contribution in [1.82, 2.24) is 10.2 Å². The number of rotatable bonds is 12. The Bertz CT molecular complexity index is 1440. The van der Waals surface area contributed by atoms with Crippen LogP contribution < -0.4 is 27.8 Å². The number of nitrogens with one attached hydrogen (secondary N) is 2. The smallest absolute Gasteiger partial charge is 0.269 e. The number of carbonyl (C=O) groups excluding carboxylic acids is 3. The van der Waals surface area contributed by atoms with Crippen LogP contribution in [-0.4, -0.2) is 72.5 Å². The molecule has 0 aliphatic carbocycles. The Morgan fingerprint density at radius 1 is 1.12 bits per heavy atom. The number of hydrogen-bond donors (Lipinski definition) is 5. The maximum Gasteiger partial charge on any atom is 0.269 e. The lowest BCUT2D eigenvalue weighted by molar-refractivity contribution is -0.384. The van der Waals surface area contributed by atoms with Crippen LogP contribution in [-0.2, 0) is 24.2 Å². The molecule has 1 fully saturated rings. The minimum absolute atomic E-state index is 0.0885. The molecule has 8 N–H and O–H groups in total. The number of nitro benzene ring substituents is 1. The Morgan fingerprint density at radius 3 is 2.36 bits per heavy atom. The number of guanidine groups is 1. The number of nitrogens with two attached hydrogens (primary N) is 3. The number of amides is 3. The number of imide groups is 1. The SMILES string of the molecule is Cc1ccc(S(=O)(=O)C(N)C(=O)N2CCCC2C(=O)NC(=O)C(CCCN=C(N)N)Nc2ccc([N+](=O)[O-])cc2)cc1. The van der Waals surface area contributed by atoms with E-state index < -0.39 is 49.9 Å². The first-order valence-electron chi connectivity index (χ1n) is 13.1. The largest absolute Gasteiger partial charge is 0.374 e. The van der Waals surface area contributed by atoms with Gasteiger partial charge >= 0.3 is 0 Å². The monoisotopic (exact) mass is 602 g/mol. The zero-order chi connectivity index (χ0) is 31.0. The third kappa shape index (κ3) is 8.01. The number of aryl methyl sites for hydroxylation is 1. The van der Waals surface area contributed by atoms with Crippen LogP contribution in [0.1, 0.15) is 31.2 Å². The Hall–Kier alpha value is -4.57. The third-order valence-corrected chi connectivity index (χ3v) is 8.49. The summed E-state index contributed by atoms with van der Waals surface area (Å²) >= 11 is 0. The van der Waals surface area contributed by atoms with Gasteiger partial charge in [-0.3, -0.25) is 34.8 Å². The molecule has 2 aromatic carbocycles. The van der Waals surface area contributed by atoms with Gasteiger partial charge in [-0.05, 0) is 56.9 Å². The summed E-state index contributed by atoms with van der Waals surface area (Å²) in [7, 11) is -4.23. The molecule has 0 saturated carbocycles. The lowest BCUT2D eigenvalue weighted by Gasteiger charge is -2.27. The first kappa shape index (κ1) is 32.0. The average molecular weight is 603 g/mol. The molecule has 3 atom stereocenters. The van der Waals surface area contributed by atoms with Gasteiger partial charge in [-0.2, -0.15) is 0 Å². The normalized spacial score (nSPS) is 16.2. The highest BCUT2D eigenvalue weighted by Crippen LogP contribution is 2.23. The van der Waals surface area contributed by atoms with Gasteiger partial charge in [0, 0.05) is 30.9 Å². The van der Waals surface area contributed by atoms with Crippen molar-refractivity contribution >= 4 is 44.9 Å². The Balaban J connectivity index is 1.72. The minimum atomic E-state index is -4.23. The van der Waals surface area contributed by atoms with Gasteiger partial charge in [0.15, 0.2) is 11.3 Å². The first-order chi connectivity index (χ1) is 19.8. The fraction of sp³-hybridized carbons (Fsp3) is 0.385. The van der Waals surface area contributed by atoms with E-state index in [1.807, 2.05) is 0 Å². The molecular formula is C26H34N8O7S. The van der Waals surface area contributed by atoms with Crippen molar-refractivity contribution in [2.45, 2.75) is 55.0 Å². The fourth-order valence-electron chi connectivity index (χ4n) is 4.42. The van der Waals surface area contributed by atoms with Gasteiger partial charge in [0.1, 0.15) is 12.1 Å². The summed E-state index contributed by atoms with van der Waals surface area (Å²) in [5.41, 5.74) is 17.7. The number of likely N-dealkylation sites (tertiary alicyclic amines) is 1. The van der Waals surface area contributed by atoms with E-state index in [4.69, 9.17) is 17.2 Å². The van der Waals surface area contributed by atoms with E-state index >= 15 is 0 Å². The number of carbonyl (C=O) groups is 3. The minimum Gasteiger partial charge on any atom is -0.374 e. The van der Waals surface area contributed by atoms with E-state index in [0.717, 1.165) is 10.5 Å². The van der Waals surface area contributed by atoms with E-state index in [-0.39, 0.29) is 42.5 Å². The number of hydrogen-bond acceptors (Lipinski definition) is 10. The Morgan fingerprint density at radius 2 is 1.76 bits per heavy atom. The van der Waals surface area contributed by atoms with Gasteiger partial charge in [-0.1, -0.05) is 17.7 Å². The van der Waals surface area contributed by atoms with Crippen LogP contribution in [0.3, 0.4) is 0 Å². The van der Waals surface area contributed by atoms with Crippen LogP contribution in [0.2, 0.25) is 0 Å². The number of sulfone groups is 1. The van der Waals surface area contributed by atoms with Gasteiger partial charge in [0.2, 0.25) is 21.7 Å². The van der Waals surface area contributed by atoms with Crippen molar-refractivity contribution in [3.63, 3.8) is 0 Å². The fourth-order valence-corrected chi connectivity index (χ4v) is 5.63. The van der Waals surface area contributed by atoms with Crippen LogP contribution in [0.5, 0.6) is 0 Å². The molecule has 0 spiro atoms. The molecule has 2 aromatic rings. The molecule has 16 heteroatoms. The van der Waals surface area contributed by atoms with Crippen LogP contribution in [0.15, 0.2) is 58.4 Å². The van der Waals surface area contributed by atoms with Crippen LogP contribution in [0.25, 0.3) is 0 Å². The molecule has 15 nitrogen and oxygen atoms in total. The van der Waals surface area contributed by atoms with E-state index in [1.54, 1.807) is 19.1 Å². The molecule has 0 bridgehead atoms. The molecule has 3 amide bonds. The highest BCUT2D eigenvalue weighted by atomic mass is 32.2. The summed E-state index contributed by atoms with van der Waals surface area (Å²) in [5, 5.41) is 14.3. The van der Waals surface area contributed by atoms with Crippen molar-refractivity contribution < 1.29 is 27.7 Å². The second-order valence-electron chi connectivity index (χ2n) is 9.77. The number of anilines is 1. The first-order valence-corrected chi connectivity index (χ1v) is 14.6. The summed E-state index contributed by atoms with van der Waals surface area (Å²) in [4.78, 5) is 54.8. The Kier molecular flexibility index (Phi) is 10.5. The molecule has 226 valence electrons. The molecule has 1 heterocycles. The zero-order valence-corrected chi connectivity index (χ0v) is 23.7. The lowest BCUT2D eigenvalue weighted by atomic mass is 10.1. The summed E-state index contributed by atoms with van der Waals surface area (Å²) in [6.45, 7) is 2.08. The van der Waals surface area contributed by atoms with E-state index in [0.29, 0.717) is 18.5 Å². The maximum absolute atomic E-state index is 13.2. The number of nitrogens with zero attached hydrogens (tertiary/aromatic N) is 3. The van der Waals surface area contributed by atoms with Gasteiger partial charge in [0.05, 0.1) is 9.82 Å². The number of nitro groups is 1. The van der Waals surface area contributed by atoms with Crippen molar-refractivity contribution in [1.29, 1.82) is 0 Å². The van der Waals surface area contributed by atoms with Crippen molar-refractivity contribution in [2.75, 3.05) is 18.4 Å². The second kappa shape index (κ2) is 13.9. The number of benzene rings is 2. The lowest BCUT2D eigenvalue weighted by Crippen LogP contribution is -2.55. The van der Waals surface area contributed by atoms with Crippen LogP contribution in [0, 0.1) is 17.0 Å². The van der Waals surface area contributed by atoms with E-state index in [1.165, 1.54) is 36.4 Å². The Labute approximate surface area is 242 Å². The maximum atomic E-state index is 13.2. The molecule has 1 aliphatic heterocycles. The quantitative estimate of drug-likeness (QED) is 0.0718. The number of non-ortho nitro benzene ring substituents is 1. The van der Waals surface area contributed by atoms with Crippen LogP contribution >= 0.6 is 0 Å². The zero-order valence-electron chi connectivity index (χ0n) is 22.9. The molecule has 0 radical (unpaired) electrons. The molecule has 1 saturated heterocycles. The van der Waals surface area contributed by atoms with Crippen molar-refractivity contribution in [3.8, 4) is 0 Å². The van der Waals surface area contributed by atoms with E-state index in [9.17, 15) is 32.9 Å². The summed E-state index contributed by atoms with van der Waals surface area (Å²) < 4.78 is 26.0. The summed E-state index contributed by atoms with van der Waals surface area (Å²) in [6, 6.07) is 9.16. The molecular weight excluding hydrogens is 568 g/mol. The van der Waals surface area contributed by atoms with Crippen molar-refractivity contribution in [2.24, 2.45) is 22.2 Å². The molecule has 3 unspecified atom stereocenters. The standard InChI is InChI=1S/C26H34N8O7S/c1-16-6-12-19(13-7-16)42(40,41)22(27)25(37)33-15-3-5-21(33)24(36)32-23(35)20(4-2-14-30-26(28)29)31-17-8-10-18(11-9-17)34(38)39/h6-13,20-22,31H,2-5,14-15,27H2,1H3,(H4,28,29,30)(H,32,35,36). The molecule has 3 rings (SSSR count). The predicted molar refractivity (Wildman–Crippen MR) is 155 cm³/mol. The van der Waals surface area contributed by atoms with E-state index in [2.05, 4.69) is 15.6 Å². The topological polar surface area (TPSA) is 246 Å². The molecule has 1 aliphatic rings. The predicted octanol–water partition coefficient (Wildman–Crippen LogP) is 0.130. The van der Waals surface area contributed by atoms with Gasteiger partial charge in [0.25, 0.3) is 11.6 Å². The van der Waals surface area contributed by atoms with Crippen LogP contribution in [0.4, 0.5) is 11.4 Å². The number of aliphatic imine (C=N–C) groups is 1. The highest BCUT2D eigenvalue weighted by molar-refractivity contribution is 7.92. The van der Waals surface area contributed by atoms with Gasteiger partial charge in [-0.25, -0.2) is 8.42 Å². The molecule has 42 heavy (non-hydrogen) atoms.